The summed E-state index contributed by atoms with van der Waals surface area (Å²) in [6.45, 7) is 0.415. The molecule has 0 aliphatic carbocycles. The maximum Gasteiger partial charge on any atom is 0.330 e. The first-order valence-corrected chi connectivity index (χ1v) is 9.88. The smallest absolute Gasteiger partial charge is 0.330 e. The van der Waals surface area contributed by atoms with Gasteiger partial charge >= 0.3 is 5.69 Å². The lowest BCUT2D eigenvalue weighted by atomic mass is 10.2. The zero-order valence-corrected chi connectivity index (χ0v) is 17.5. The summed E-state index contributed by atoms with van der Waals surface area (Å²) in [4.78, 5) is 33.1. The van der Waals surface area contributed by atoms with Crippen molar-refractivity contribution >= 4 is 23.1 Å². The minimum Gasteiger partial charge on any atom is -0.439 e. The Morgan fingerprint density at radius 1 is 1.16 bits per heavy atom. The van der Waals surface area contributed by atoms with Crippen LogP contribution in [0, 0.1) is 0 Å². The van der Waals surface area contributed by atoms with Crippen molar-refractivity contribution < 1.29 is 4.42 Å². The highest BCUT2D eigenvalue weighted by Gasteiger charge is 2.18. The Morgan fingerprint density at radius 2 is 1.94 bits per heavy atom. The summed E-state index contributed by atoms with van der Waals surface area (Å²) in [5.74, 6) is 1.01. The number of nitrogens with one attached hydrogen (secondary N) is 1. The van der Waals surface area contributed by atoms with Gasteiger partial charge in [0.25, 0.3) is 5.56 Å². The molecule has 0 unspecified atom stereocenters. The van der Waals surface area contributed by atoms with Crippen LogP contribution in [0.3, 0.4) is 0 Å². The van der Waals surface area contributed by atoms with E-state index in [1.807, 2.05) is 42.5 Å². The van der Waals surface area contributed by atoms with Crippen LogP contribution in [0.1, 0.15) is 11.5 Å². The third kappa shape index (κ3) is 4.39. The fourth-order valence-corrected chi connectivity index (χ4v) is 3.50. The van der Waals surface area contributed by atoms with E-state index in [1.54, 1.807) is 30.3 Å². The number of hydrogen-bond acceptors (Lipinski definition) is 6. The maximum atomic E-state index is 12.5. The average Bonchev–Trinajstić information content (AvgIpc) is 3.20. The van der Waals surface area contributed by atoms with E-state index in [9.17, 15) is 9.59 Å². The van der Waals surface area contributed by atoms with E-state index in [4.69, 9.17) is 21.8 Å². The van der Waals surface area contributed by atoms with E-state index in [0.717, 1.165) is 11.1 Å². The second-order valence-electron chi connectivity index (χ2n) is 7.05. The topological polar surface area (TPSA) is 110 Å². The Hall–Kier alpha value is -3.78. The molecular formula is C22H20ClN5O3. The van der Waals surface area contributed by atoms with Crippen molar-refractivity contribution in [1.82, 2.24) is 14.5 Å². The molecule has 0 aliphatic heterocycles. The molecule has 3 N–H and O–H groups in total. The molecule has 0 radical (unpaired) electrons. The van der Waals surface area contributed by atoms with Crippen LogP contribution in [-0.2, 0) is 13.1 Å². The predicted octanol–water partition coefficient (Wildman–Crippen LogP) is 3.11. The Balaban J connectivity index is 1.62. The van der Waals surface area contributed by atoms with Crippen LogP contribution >= 0.6 is 11.6 Å². The molecule has 9 heteroatoms. The van der Waals surface area contributed by atoms with Crippen molar-refractivity contribution in [2.75, 3.05) is 17.7 Å². The Kier molecular flexibility index (Phi) is 5.64. The largest absolute Gasteiger partial charge is 0.439 e. The van der Waals surface area contributed by atoms with Crippen molar-refractivity contribution in [2.45, 2.75) is 13.1 Å². The molecule has 4 aromatic rings. The Labute approximate surface area is 182 Å². The molecule has 2 aromatic heterocycles. The second-order valence-corrected chi connectivity index (χ2v) is 7.49. The van der Waals surface area contributed by atoms with E-state index >= 15 is 0 Å². The van der Waals surface area contributed by atoms with E-state index < -0.39 is 11.2 Å². The first-order chi connectivity index (χ1) is 14.9. The molecule has 2 heterocycles. The third-order valence-corrected chi connectivity index (χ3v) is 5.05. The van der Waals surface area contributed by atoms with Gasteiger partial charge in [-0.15, -0.1) is 0 Å². The summed E-state index contributed by atoms with van der Waals surface area (Å²) in [5.41, 5.74) is 6.94. The van der Waals surface area contributed by atoms with Gasteiger partial charge < -0.3 is 15.1 Å². The summed E-state index contributed by atoms with van der Waals surface area (Å²) in [5, 5.41) is 0.590. The second kappa shape index (κ2) is 8.53. The number of halogens is 1. The molecular weight excluding hydrogens is 418 g/mol. The van der Waals surface area contributed by atoms with Crippen LogP contribution in [-0.4, -0.2) is 21.6 Å². The van der Waals surface area contributed by atoms with Gasteiger partial charge in [-0.3, -0.25) is 14.3 Å². The first kappa shape index (κ1) is 20.5. The Morgan fingerprint density at radius 3 is 2.68 bits per heavy atom. The van der Waals surface area contributed by atoms with Gasteiger partial charge in [0.05, 0.1) is 19.3 Å². The number of oxazole rings is 1. The summed E-state index contributed by atoms with van der Waals surface area (Å²) in [7, 11) is 1.68. The van der Waals surface area contributed by atoms with Gasteiger partial charge in [0.15, 0.2) is 5.76 Å². The fraction of sp³-hybridized carbons (Fsp3) is 0.136. The molecule has 0 saturated heterocycles. The molecule has 0 spiro atoms. The van der Waals surface area contributed by atoms with Crippen LogP contribution < -0.4 is 21.9 Å². The molecule has 2 aromatic carbocycles. The van der Waals surface area contributed by atoms with E-state index in [2.05, 4.69) is 9.97 Å². The summed E-state index contributed by atoms with van der Waals surface area (Å²) in [6.07, 6.45) is 1.60. The fourth-order valence-electron chi connectivity index (χ4n) is 3.31. The molecule has 158 valence electrons. The summed E-state index contributed by atoms with van der Waals surface area (Å²) < 4.78 is 7.14. The molecule has 0 saturated carbocycles. The predicted molar refractivity (Wildman–Crippen MR) is 120 cm³/mol. The zero-order valence-electron chi connectivity index (χ0n) is 16.7. The number of anilines is 2. The number of H-pyrrole nitrogens is 1. The average molecular weight is 438 g/mol. The monoisotopic (exact) mass is 437 g/mol. The minimum atomic E-state index is -0.573. The number of nitrogens with two attached hydrogens (primary N) is 1. The molecule has 4 rings (SSSR count). The zero-order chi connectivity index (χ0) is 22.0. The molecule has 0 fully saturated rings. The van der Waals surface area contributed by atoms with Crippen LogP contribution in [0.25, 0.3) is 11.3 Å². The van der Waals surface area contributed by atoms with Crippen molar-refractivity contribution in [3.8, 4) is 11.3 Å². The normalized spacial score (nSPS) is 10.9. The Bertz CT molecular complexity index is 1330. The number of hydrogen-bond donors (Lipinski definition) is 2. The molecule has 31 heavy (non-hydrogen) atoms. The number of rotatable bonds is 6. The van der Waals surface area contributed by atoms with Crippen molar-refractivity contribution in [2.24, 2.45) is 0 Å². The first-order valence-electron chi connectivity index (χ1n) is 9.50. The van der Waals surface area contributed by atoms with Crippen LogP contribution in [0.15, 0.2) is 74.8 Å². The molecule has 0 bridgehead atoms. The number of aromatic amines is 1. The van der Waals surface area contributed by atoms with Crippen molar-refractivity contribution in [3.63, 3.8) is 0 Å². The summed E-state index contributed by atoms with van der Waals surface area (Å²) in [6, 6.07) is 16.6. The number of nitrogens with zero attached hydrogens (tertiary/aromatic N) is 3. The van der Waals surface area contributed by atoms with Crippen molar-refractivity contribution in [3.05, 3.63) is 98.1 Å². The van der Waals surface area contributed by atoms with Crippen LogP contribution in [0.2, 0.25) is 5.02 Å². The quantitative estimate of drug-likeness (QED) is 0.479. The van der Waals surface area contributed by atoms with Crippen LogP contribution in [0.5, 0.6) is 0 Å². The third-order valence-electron chi connectivity index (χ3n) is 4.81. The number of benzene rings is 2. The lowest BCUT2D eigenvalue weighted by molar-refractivity contribution is 0.504. The van der Waals surface area contributed by atoms with Crippen molar-refractivity contribution in [1.29, 1.82) is 0 Å². The van der Waals surface area contributed by atoms with Crippen LogP contribution in [0.4, 0.5) is 11.5 Å². The molecule has 0 amide bonds. The lowest BCUT2D eigenvalue weighted by Crippen LogP contribution is -2.37. The summed E-state index contributed by atoms with van der Waals surface area (Å²) >= 11 is 6.04. The lowest BCUT2D eigenvalue weighted by Gasteiger charge is -2.20. The standard InChI is InChI=1S/C22H20ClN5O3/c1-27(13-18-25-11-17(31-18)15-8-5-9-16(23)10-15)19-20(24)28(22(30)26-21(19)29)12-14-6-3-2-4-7-14/h2-11H,12-13,24H2,1H3,(H,26,29,30). The minimum absolute atomic E-state index is 0.0710. The van der Waals surface area contributed by atoms with E-state index in [-0.39, 0.29) is 24.6 Å². The highest BCUT2D eigenvalue weighted by atomic mass is 35.5. The van der Waals surface area contributed by atoms with Gasteiger partial charge in [0, 0.05) is 17.6 Å². The van der Waals surface area contributed by atoms with Gasteiger partial charge in [0.1, 0.15) is 11.5 Å². The molecule has 8 nitrogen and oxygen atoms in total. The van der Waals surface area contributed by atoms with E-state index in [0.29, 0.717) is 16.7 Å². The number of nitrogen functional groups attached to an aromatic ring is 1. The molecule has 0 aliphatic rings. The van der Waals surface area contributed by atoms with Gasteiger partial charge in [0.2, 0.25) is 5.89 Å². The van der Waals surface area contributed by atoms with E-state index in [1.165, 1.54) is 4.57 Å². The van der Waals surface area contributed by atoms with Gasteiger partial charge in [-0.05, 0) is 17.7 Å². The highest BCUT2D eigenvalue weighted by molar-refractivity contribution is 6.30. The SMILES string of the molecule is CN(Cc1ncc(-c2cccc(Cl)c2)o1)c1c(N)n(Cc2ccccc2)c(=O)[nH]c1=O. The van der Waals surface area contributed by atoms with Gasteiger partial charge in [-0.1, -0.05) is 54.1 Å². The number of aromatic nitrogens is 3. The maximum absolute atomic E-state index is 12.5. The molecule has 0 atom stereocenters. The highest BCUT2D eigenvalue weighted by Crippen LogP contribution is 2.25. The van der Waals surface area contributed by atoms with Gasteiger partial charge in [-0.2, -0.15) is 0 Å². The van der Waals surface area contributed by atoms with Gasteiger partial charge in [-0.25, -0.2) is 9.78 Å².